The van der Waals surface area contributed by atoms with Crippen LogP contribution in [-0.4, -0.2) is 56.4 Å². The van der Waals surface area contributed by atoms with Crippen LogP contribution < -0.4 is 10.2 Å². The van der Waals surface area contributed by atoms with Gasteiger partial charge in [0, 0.05) is 19.3 Å². The quantitative estimate of drug-likeness (QED) is 0.742. The third-order valence-electron chi connectivity index (χ3n) is 3.61. The van der Waals surface area contributed by atoms with Crippen molar-refractivity contribution in [3.05, 3.63) is 12.0 Å². The van der Waals surface area contributed by atoms with E-state index >= 15 is 0 Å². The molecule has 1 unspecified atom stereocenters. The van der Waals surface area contributed by atoms with E-state index in [0.717, 1.165) is 13.0 Å². The van der Waals surface area contributed by atoms with Crippen LogP contribution in [0.2, 0.25) is 0 Å². The zero-order chi connectivity index (χ0) is 13.6. The van der Waals surface area contributed by atoms with Gasteiger partial charge in [0.05, 0.1) is 11.3 Å². The fourth-order valence-corrected chi connectivity index (χ4v) is 2.98. The van der Waals surface area contributed by atoms with E-state index in [1.807, 2.05) is 0 Å². The minimum absolute atomic E-state index is 0.0681. The normalized spacial score (nSPS) is 23.8. The number of ketones is 1. The fourth-order valence-electron chi connectivity index (χ4n) is 2.08. The summed E-state index contributed by atoms with van der Waals surface area (Å²) in [4.78, 5) is 17.7. The number of nitrogens with one attached hydrogen (secondary N) is 1. The highest BCUT2D eigenvalue weighted by Crippen LogP contribution is 2.24. The molecule has 1 aromatic rings. The average Bonchev–Trinajstić information content (AvgIpc) is 2.58. The Kier molecular flexibility index (Phi) is 2.86. The first-order chi connectivity index (χ1) is 8.95. The molecule has 1 aromatic heterocycles. The molecule has 0 amide bonds. The number of rotatable bonds is 4. The van der Waals surface area contributed by atoms with E-state index in [0.29, 0.717) is 24.8 Å². The van der Waals surface area contributed by atoms with Gasteiger partial charge in [0.1, 0.15) is 12.0 Å². The van der Waals surface area contributed by atoms with Crippen LogP contribution in [0.15, 0.2) is 10.7 Å². The highest BCUT2D eigenvalue weighted by molar-refractivity contribution is 7.91. The van der Waals surface area contributed by atoms with Gasteiger partial charge in [-0.15, -0.1) is 0 Å². The number of oxazole rings is 1. The zero-order valence-corrected chi connectivity index (χ0v) is 11.3. The summed E-state index contributed by atoms with van der Waals surface area (Å²) in [7, 11) is -3.01. The van der Waals surface area contributed by atoms with Crippen LogP contribution in [-0.2, 0) is 9.84 Å². The molecular formula is C11H15N3O4S. The monoisotopic (exact) mass is 285 g/mol. The fraction of sp³-hybridized carbons (Fsp3) is 0.636. The predicted molar refractivity (Wildman–Crippen MR) is 68.1 cm³/mol. The molecule has 0 spiro atoms. The summed E-state index contributed by atoms with van der Waals surface area (Å²) >= 11 is 0. The second-order valence-electron chi connectivity index (χ2n) is 5.03. The molecule has 0 aromatic carbocycles. The van der Waals surface area contributed by atoms with Crippen LogP contribution in [0.4, 0.5) is 6.01 Å². The molecule has 0 bridgehead atoms. The van der Waals surface area contributed by atoms with Gasteiger partial charge in [0.15, 0.2) is 9.84 Å². The van der Waals surface area contributed by atoms with E-state index in [9.17, 15) is 13.2 Å². The SMILES string of the molecule is CS(=O)(=O)C1CN(c2nc(C(=O)C3CCN3)co2)C1. The third kappa shape index (κ3) is 2.25. The van der Waals surface area contributed by atoms with Crippen LogP contribution in [0.1, 0.15) is 16.9 Å². The van der Waals surface area contributed by atoms with Gasteiger partial charge in [-0.3, -0.25) is 4.79 Å². The highest BCUT2D eigenvalue weighted by Gasteiger charge is 2.37. The molecular weight excluding hydrogens is 270 g/mol. The van der Waals surface area contributed by atoms with Crippen LogP contribution in [0, 0.1) is 0 Å². The highest BCUT2D eigenvalue weighted by atomic mass is 32.2. The molecule has 3 heterocycles. The topological polar surface area (TPSA) is 92.5 Å². The molecule has 0 saturated carbocycles. The molecule has 2 fully saturated rings. The Balaban J connectivity index is 1.65. The van der Waals surface area contributed by atoms with Crippen LogP contribution in [0.25, 0.3) is 0 Å². The molecule has 0 aliphatic carbocycles. The van der Waals surface area contributed by atoms with Crippen molar-refractivity contribution in [3.63, 3.8) is 0 Å². The van der Waals surface area contributed by atoms with E-state index in [2.05, 4.69) is 10.3 Å². The summed E-state index contributed by atoms with van der Waals surface area (Å²) in [6.45, 7) is 1.59. The Labute approximate surface area is 110 Å². The number of hydrogen-bond donors (Lipinski definition) is 1. The maximum absolute atomic E-state index is 11.9. The molecule has 1 N–H and O–H groups in total. The lowest BCUT2D eigenvalue weighted by atomic mass is 10.0. The molecule has 2 aliphatic rings. The number of anilines is 1. The first-order valence-corrected chi connectivity index (χ1v) is 8.07. The van der Waals surface area contributed by atoms with Gasteiger partial charge in [-0.1, -0.05) is 0 Å². The zero-order valence-electron chi connectivity index (χ0n) is 10.5. The maximum atomic E-state index is 11.9. The standard InChI is InChI=1S/C11H15N3O4S/c1-19(16,17)7-4-14(5-7)11-13-9(6-18-11)10(15)8-2-3-12-8/h6-8,12H,2-5H2,1H3. The number of sulfone groups is 1. The molecule has 7 nitrogen and oxygen atoms in total. The van der Waals surface area contributed by atoms with Crippen molar-refractivity contribution in [1.29, 1.82) is 0 Å². The van der Waals surface area contributed by atoms with Crippen molar-refractivity contribution in [2.75, 3.05) is 30.8 Å². The first kappa shape index (κ1) is 12.6. The minimum Gasteiger partial charge on any atom is -0.431 e. The van der Waals surface area contributed by atoms with Gasteiger partial charge in [-0.2, -0.15) is 4.98 Å². The first-order valence-electron chi connectivity index (χ1n) is 6.12. The van der Waals surface area contributed by atoms with Gasteiger partial charge in [-0.25, -0.2) is 8.42 Å². The minimum atomic E-state index is -3.01. The molecule has 19 heavy (non-hydrogen) atoms. The maximum Gasteiger partial charge on any atom is 0.297 e. The molecule has 1 atom stereocenters. The average molecular weight is 285 g/mol. The lowest BCUT2D eigenvalue weighted by Gasteiger charge is -2.36. The van der Waals surface area contributed by atoms with E-state index < -0.39 is 9.84 Å². The molecule has 2 aliphatic heterocycles. The summed E-state index contributed by atoms with van der Waals surface area (Å²) in [5.41, 5.74) is 0.301. The Morgan fingerprint density at radius 3 is 2.74 bits per heavy atom. The Bertz CT molecular complexity index is 599. The van der Waals surface area contributed by atoms with E-state index in [1.165, 1.54) is 12.5 Å². The van der Waals surface area contributed by atoms with Gasteiger partial charge >= 0.3 is 0 Å². The summed E-state index contributed by atoms with van der Waals surface area (Å²) < 4.78 is 27.8. The summed E-state index contributed by atoms with van der Waals surface area (Å²) in [5.74, 6) is -0.0681. The van der Waals surface area contributed by atoms with Crippen molar-refractivity contribution in [2.24, 2.45) is 0 Å². The molecule has 0 radical (unpaired) electrons. The van der Waals surface area contributed by atoms with E-state index in [-0.39, 0.29) is 17.1 Å². The van der Waals surface area contributed by atoms with Gasteiger partial charge in [0.25, 0.3) is 6.01 Å². The largest absolute Gasteiger partial charge is 0.431 e. The Hall–Kier alpha value is -1.41. The predicted octanol–water partition coefficient (Wildman–Crippen LogP) is -0.548. The van der Waals surface area contributed by atoms with Crippen molar-refractivity contribution < 1.29 is 17.6 Å². The number of carbonyl (C=O) groups excluding carboxylic acids is 1. The van der Waals surface area contributed by atoms with E-state index in [1.54, 1.807) is 4.90 Å². The summed E-state index contributed by atoms with van der Waals surface area (Å²) in [5, 5.41) is 2.64. The second kappa shape index (κ2) is 4.31. The van der Waals surface area contributed by atoms with Crippen LogP contribution >= 0.6 is 0 Å². The summed E-state index contributed by atoms with van der Waals surface area (Å²) in [6.07, 6.45) is 3.38. The van der Waals surface area contributed by atoms with Crippen molar-refractivity contribution >= 4 is 21.6 Å². The van der Waals surface area contributed by atoms with Crippen molar-refractivity contribution in [2.45, 2.75) is 17.7 Å². The Morgan fingerprint density at radius 1 is 1.53 bits per heavy atom. The second-order valence-corrected chi connectivity index (χ2v) is 7.36. The molecule has 2 saturated heterocycles. The van der Waals surface area contributed by atoms with Gasteiger partial charge in [0.2, 0.25) is 5.78 Å². The van der Waals surface area contributed by atoms with Crippen molar-refractivity contribution in [1.82, 2.24) is 10.3 Å². The number of aromatic nitrogens is 1. The van der Waals surface area contributed by atoms with Crippen molar-refractivity contribution in [3.8, 4) is 0 Å². The van der Waals surface area contributed by atoms with E-state index in [4.69, 9.17) is 4.42 Å². The molecule has 104 valence electrons. The van der Waals surface area contributed by atoms with Crippen LogP contribution in [0.3, 0.4) is 0 Å². The number of carbonyl (C=O) groups is 1. The smallest absolute Gasteiger partial charge is 0.297 e. The lowest BCUT2D eigenvalue weighted by molar-refractivity contribution is 0.0899. The molecule has 8 heteroatoms. The molecule has 3 rings (SSSR count). The van der Waals surface area contributed by atoms with Gasteiger partial charge < -0.3 is 14.6 Å². The lowest BCUT2D eigenvalue weighted by Crippen LogP contribution is -2.54. The van der Waals surface area contributed by atoms with Crippen LogP contribution in [0.5, 0.6) is 0 Å². The summed E-state index contributed by atoms with van der Waals surface area (Å²) in [6, 6.07) is 0.167. The number of Topliss-reactive ketones (excluding diaryl/α,β-unsaturated/α-hetero) is 1. The number of nitrogens with zero attached hydrogens (tertiary/aromatic N) is 2. The van der Waals surface area contributed by atoms with Gasteiger partial charge in [-0.05, 0) is 13.0 Å². The Morgan fingerprint density at radius 2 is 2.21 bits per heavy atom. The number of hydrogen-bond acceptors (Lipinski definition) is 7. The third-order valence-corrected chi connectivity index (χ3v) is 5.12.